The maximum Gasteiger partial charge on any atom is 0.106 e. The van der Waals surface area contributed by atoms with Gasteiger partial charge in [0.2, 0.25) is 0 Å². The number of likely N-dealkylation sites (tertiary alicyclic amines) is 1. The summed E-state index contributed by atoms with van der Waals surface area (Å²) in [4.78, 5) is 5.66. The molecule has 1 aromatic rings. The molecule has 21 heavy (non-hydrogen) atoms. The van der Waals surface area contributed by atoms with E-state index in [0.29, 0.717) is 11.0 Å². The number of nitrogens with zero attached hydrogens (tertiary/aromatic N) is 2. The summed E-state index contributed by atoms with van der Waals surface area (Å²) in [6.45, 7) is 6.90. The smallest absolute Gasteiger partial charge is 0.106 e. The second-order valence-corrected chi connectivity index (χ2v) is 6.81. The molecule has 2 saturated heterocycles. The molecule has 0 bridgehead atoms. The molecule has 2 aliphatic rings. The molecule has 3 rings (SSSR count). The maximum atomic E-state index is 5.90. The van der Waals surface area contributed by atoms with Crippen molar-refractivity contribution in [3.05, 3.63) is 29.3 Å². The maximum absolute atomic E-state index is 5.90. The molecule has 2 N–H and O–H groups in total. The Morgan fingerprint density at radius 3 is 2.67 bits per heavy atom. The summed E-state index contributed by atoms with van der Waals surface area (Å²) in [5.74, 6) is 0. The number of hydrogen-bond donors (Lipinski definition) is 1. The Hall–Kier alpha value is -1.13. The van der Waals surface area contributed by atoms with Gasteiger partial charge in [-0.15, -0.1) is 0 Å². The molecular weight excluding hydrogens is 278 g/mol. The van der Waals surface area contributed by atoms with Gasteiger partial charge in [-0.3, -0.25) is 4.90 Å². The average molecular weight is 303 g/mol. The van der Waals surface area contributed by atoms with Crippen molar-refractivity contribution in [2.75, 3.05) is 31.1 Å². The van der Waals surface area contributed by atoms with Crippen molar-refractivity contribution >= 4 is 22.9 Å². The monoisotopic (exact) mass is 303 g/mol. The Balaban J connectivity index is 1.76. The molecule has 0 saturated carbocycles. The Bertz CT molecular complexity index is 523. The third-order valence-electron chi connectivity index (χ3n) is 4.83. The number of benzene rings is 1. The SMILES string of the molecule is Cc1ccc(C(N)=S)c(N2CCC(N3CCCCC3)C2)c1. The molecule has 2 fully saturated rings. The van der Waals surface area contributed by atoms with Crippen molar-refractivity contribution in [3.8, 4) is 0 Å². The Morgan fingerprint density at radius 1 is 1.19 bits per heavy atom. The number of piperidine rings is 1. The number of rotatable bonds is 3. The van der Waals surface area contributed by atoms with Crippen LogP contribution in [-0.4, -0.2) is 42.1 Å². The zero-order valence-electron chi connectivity index (χ0n) is 12.8. The first kappa shape index (κ1) is 14.8. The van der Waals surface area contributed by atoms with Crippen LogP contribution in [0, 0.1) is 6.92 Å². The summed E-state index contributed by atoms with van der Waals surface area (Å²) in [5.41, 5.74) is 9.42. The summed E-state index contributed by atoms with van der Waals surface area (Å²) in [5, 5.41) is 0. The van der Waals surface area contributed by atoms with E-state index in [2.05, 4.69) is 34.9 Å². The van der Waals surface area contributed by atoms with Crippen LogP contribution in [0.15, 0.2) is 18.2 Å². The lowest BCUT2D eigenvalue weighted by molar-refractivity contribution is 0.175. The van der Waals surface area contributed by atoms with Gasteiger partial charge < -0.3 is 10.6 Å². The van der Waals surface area contributed by atoms with Crippen LogP contribution in [0.4, 0.5) is 5.69 Å². The molecule has 0 aliphatic carbocycles. The van der Waals surface area contributed by atoms with Crippen LogP contribution in [0.1, 0.15) is 36.8 Å². The molecule has 4 heteroatoms. The second-order valence-electron chi connectivity index (χ2n) is 6.37. The first-order valence-corrected chi connectivity index (χ1v) is 8.45. The van der Waals surface area contributed by atoms with E-state index in [1.54, 1.807) is 0 Å². The van der Waals surface area contributed by atoms with E-state index in [1.165, 1.54) is 50.0 Å². The van der Waals surface area contributed by atoms with Gasteiger partial charge in [0.25, 0.3) is 0 Å². The van der Waals surface area contributed by atoms with Crippen LogP contribution >= 0.6 is 12.2 Å². The lowest BCUT2D eigenvalue weighted by Crippen LogP contribution is -2.41. The Morgan fingerprint density at radius 2 is 1.95 bits per heavy atom. The minimum absolute atomic E-state index is 0.506. The zero-order valence-corrected chi connectivity index (χ0v) is 13.7. The number of nitrogens with two attached hydrogens (primary N) is 1. The second kappa shape index (κ2) is 6.32. The molecule has 2 heterocycles. The van der Waals surface area contributed by atoms with Crippen LogP contribution < -0.4 is 10.6 Å². The van der Waals surface area contributed by atoms with E-state index in [-0.39, 0.29) is 0 Å². The number of anilines is 1. The van der Waals surface area contributed by atoms with E-state index < -0.39 is 0 Å². The van der Waals surface area contributed by atoms with Crippen molar-refractivity contribution in [3.63, 3.8) is 0 Å². The molecule has 0 aromatic heterocycles. The molecule has 0 spiro atoms. The molecule has 2 aliphatic heterocycles. The number of thiocarbonyl (C=S) groups is 1. The van der Waals surface area contributed by atoms with Crippen LogP contribution in [0.5, 0.6) is 0 Å². The number of aryl methyl sites for hydroxylation is 1. The first-order chi connectivity index (χ1) is 10.1. The molecule has 1 aromatic carbocycles. The minimum Gasteiger partial charge on any atom is -0.389 e. The van der Waals surface area contributed by atoms with E-state index in [9.17, 15) is 0 Å². The Kier molecular flexibility index (Phi) is 4.45. The van der Waals surface area contributed by atoms with Crippen molar-refractivity contribution in [2.45, 2.75) is 38.6 Å². The highest BCUT2D eigenvalue weighted by Crippen LogP contribution is 2.28. The highest BCUT2D eigenvalue weighted by Gasteiger charge is 2.29. The lowest BCUT2D eigenvalue weighted by Gasteiger charge is -2.32. The summed E-state index contributed by atoms with van der Waals surface area (Å²) in [6.07, 6.45) is 5.37. The topological polar surface area (TPSA) is 32.5 Å². The van der Waals surface area contributed by atoms with Gasteiger partial charge in [0.05, 0.1) is 0 Å². The summed E-state index contributed by atoms with van der Waals surface area (Å²) in [7, 11) is 0. The van der Waals surface area contributed by atoms with Crippen molar-refractivity contribution in [2.24, 2.45) is 5.73 Å². The van der Waals surface area contributed by atoms with Gasteiger partial charge in [0, 0.05) is 30.4 Å². The largest absolute Gasteiger partial charge is 0.389 e. The van der Waals surface area contributed by atoms with Gasteiger partial charge in [-0.25, -0.2) is 0 Å². The quantitative estimate of drug-likeness (QED) is 0.870. The van der Waals surface area contributed by atoms with Crippen LogP contribution in [0.3, 0.4) is 0 Å². The van der Waals surface area contributed by atoms with Crippen LogP contribution in [0.2, 0.25) is 0 Å². The molecule has 0 radical (unpaired) electrons. The van der Waals surface area contributed by atoms with E-state index in [0.717, 1.165) is 18.7 Å². The third-order valence-corrected chi connectivity index (χ3v) is 5.05. The first-order valence-electron chi connectivity index (χ1n) is 8.04. The molecular formula is C17H25N3S. The van der Waals surface area contributed by atoms with Gasteiger partial charge in [-0.05, 0) is 57.0 Å². The van der Waals surface area contributed by atoms with Crippen LogP contribution in [0.25, 0.3) is 0 Å². The predicted molar refractivity (Wildman–Crippen MR) is 93.1 cm³/mol. The molecule has 0 amide bonds. The van der Waals surface area contributed by atoms with Gasteiger partial charge >= 0.3 is 0 Å². The zero-order chi connectivity index (χ0) is 14.8. The molecule has 1 unspecified atom stereocenters. The highest BCUT2D eigenvalue weighted by molar-refractivity contribution is 7.80. The van der Waals surface area contributed by atoms with Gasteiger partial charge in [0.15, 0.2) is 0 Å². The fourth-order valence-electron chi connectivity index (χ4n) is 3.65. The highest BCUT2D eigenvalue weighted by atomic mass is 32.1. The normalized spacial score (nSPS) is 23.5. The summed E-state index contributed by atoms with van der Waals surface area (Å²) < 4.78 is 0. The van der Waals surface area contributed by atoms with Gasteiger partial charge in [-0.2, -0.15) is 0 Å². The standard InChI is InChI=1S/C17H25N3S/c1-13-5-6-15(17(18)21)16(11-13)20-10-7-14(12-20)19-8-3-2-4-9-19/h5-6,11,14H,2-4,7-10,12H2,1H3,(H2,18,21). The van der Waals surface area contributed by atoms with Gasteiger partial charge in [-0.1, -0.05) is 24.7 Å². The Labute approximate surface area is 133 Å². The summed E-state index contributed by atoms with van der Waals surface area (Å²) >= 11 is 5.22. The van der Waals surface area contributed by atoms with Gasteiger partial charge in [0.1, 0.15) is 4.99 Å². The predicted octanol–water partition coefficient (Wildman–Crippen LogP) is 2.69. The van der Waals surface area contributed by atoms with E-state index in [1.807, 2.05) is 0 Å². The minimum atomic E-state index is 0.506. The van der Waals surface area contributed by atoms with E-state index in [4.69, 9.17) is 18.0 Å². The van der Waals surface area contributed by atoms with Crippen molar-refractivity contribution in [1.29, 1.82) is 0 Å². The molecule has 114 valence electrons. The van der Waals surface area contributed by atoms with Crippen molar-refractivity contribution in [1.82, 2.24) is 4.90 Å². The number of hydrogen-bond acceptors (Lipinski definition) is 3. The molecule has 1 atom stereocenters. The van der Waals surface area contributed by atoms with E-state index >= 15 is 0 Å². The van der Waals surface area contributed by atoms with Crippen molar-refractivity contribution < 1.29 is 0 Å². The summed E-state index contributed by atoms with van der Waals surface area (Å²) in [6, 6.07) is 7.09. The lowest BCUT2D eigenvalue weighted by atomic mass is 10.1. The fourth-order valence-corrected chi connectivity index (χ4v) is 3.83. The fraction of sp³-hybridized carbons (Fsp3) is 0.588. The average Bonchev–Trinajstić information content (AvgIpc) is 2.97. The van der Waals surface area contributed by atoms with Crippen LogP contribution in [-0.2, 0) is 0 Å². The molecule has 3 nitrogen and oxygen atoms in total. The third kappa shape index (κ3) is 3.22.